The number of nitrogens with zero attached hydrogens (tertiary/aromatic N) is 2. The molecule has 0 fully saturated rings. The number of carbonyl (C=O) groups excluding carboxylic acids is 1. The van der Waals surface area contributed by atoms with Gasteiger partial charge >= 0.3 is 6.09 Å². The summed E-state index contributed by atoms with van der Waals surface area (Å²) >= 11 is 0. The standard InChI is InChI=1S/C21H16N2O7/c1-22(21(26)27)18-11-14(8-10-17(18)23(28)29)30-15-7-9-16(19(24)12-15)20(25)13-5-3-2-4-6-13/h2-12,24H,1H3,(H,26,27)/p-1. The number of nitro groups is 1. The number of carboxylic acid groups (broad SMARTS) is 1. The third kappa shape index (κ3) is 4.20. The minimum absolute atomic E-state index is 0.0245. The normalized spacial score (nSPS) is 10.3. The summed E-state index contributed by atoms with van der Waals surface area (Å²) in [6, 6.07) is 15.8. The van der Waals surface area contributed by atoms with Crippen LogP contribution in [0.25, 0.3) is 0 Å². The SMILES string of the molecule is CN(C(=O)O)c1cc(Oc2ccc(C(=O)c3ccccc3)c([O-])c2)ccc1[N+](=O)[O-]. The zero-order chi connectivity index (χ0) is 21.8. The second kappa shape index (κ2) is 8.31. The van der Waals surface area contributed by atoms with Crippen LogP contribution in [0.4, 0.5) is 16.2 Å². The van der Waals surface area contributed by atoms with E-state index in [1.165, 1.54) is 24.3 Å². The minimum Gasteiger partial charge on any atom is -0.872 e. The van der Waals surface area contributed by atoms with Crippen molar-refractivity contribution in [1.82, 2.24) is 0 Å². The van der Waals surface area contributed by atoms with E-state index in [-0.39, 0.29) is 22.7 Å². The number of nitro benzene ring substituents is 1. The van der Waals surface area contributed by atoms with Gasteiger partial charge < -0.3 is 14.9 Å². The molecular formula is C21H15N2O7-. The Kier molecular flexibility index (Phi) is 5.63. The van der Waals surface area contributed by atoms with Gasteiger partial charge in [-0.25, -0.2) is 4.79 Å². The van der Waals surface area contributed by atoms with E-state index in [2.05, 4.69) is 0 Å². The summed E-state index contributed by atoms with van der Waals surface area (Å²) in [5, 5.41) is 32.7. The highest BCUT2D eigenvalue weighted by Gasteiger charge is 2.22. The molecule has 0 spiro atoms. The van der Waals surface area contributed by atoms with Gasteiger partial charge in [0, 0.05) is 30.3 Å². The summed E-state index contributed by atoms with van der Waals surface area (Å²) < 4.78 is 5.55. The molecule has 0 bridgehead atoms. The summed E-state index contributed by atoms with van der Waals surface area (Å²) in [4.78, 5) is 34.8. The topological polar surface area (TPSA) is 133 Å². The van der Waals surface area contributed by atoms with Gasteiger partial charge in [0.25, 0.3) is 5.69 Å². The molecule has 0 aliphatic carbocycles. The molecule has 1 N–H and O–H groups in total. The molecule has 9 heteroatoms. The number of ether oxygens (including phenoxy) is 1. The van der Waals surface area contributed by atoms with Crippen molar-refractivity contribution in [3.63, 3.8) is 0 Å². The van der Waals surface area contributed by atoms with Crippen LogP contribution >= 0.6 is 0 Å². The van der Waals surface area contributed by atoms with Crippen LogP contribution in [0.5, 0.6) is 17.2 Å². The molecule has 1 amide bonds. The highest BCUT2D eigenvalue weighted by Crippen LogP contribution is 2.34. The average molecular weight is 407 g/mol. The summed E-state index contributed by atoms with van der Waals surface area (Å²) in [6.07, 6.45) is -1.39. The maximum Gasteiger partial charge on any atom is 0.411 e. The lowest BCUT2D eigenvalue weighted by Gasteiger charge is -2.17. The highest BCUT2D eigenvalue weighted by molar-refractivity contribution is 6.10. The Bertz CT molecular complexity index is 1130. The van der Waals surface area contributed by atoms with Gasteiger partial charge in [-0.05, 0) is 24.3 Å². The Hall–Kier alpha value is -4.40. The number of benzene rings is 3. The lowest BCUT2D eigenvalue weighted by atomic mass is 10.0. The molecule has 3 rings (SSSR count). The molecule has 0 heterocycles. The Morgan fingerprint density at radius 2 is 1.63 bits per heavy atom. The molecule has 9 nitrogen and oxygen atoms in total. The quantitative estimate of drug-likeness (QED) is 0.373. The first kappa shape index (κ1) is 20.3. The van der Waals surface area contributed by atoms with Gasteiger partial charge in [-0.2, -0.15) is 0 Å². The first-order valence-corrected chi connectivity index (χ1v) is 8.61. The summed E-state index contributed by atoms with van der Waals surface area (Å²) in [5.41, 5.74) is -0.257. The molecule has 0 unspecified atom stereocenters. The fourth-order valence-electron chi connectivity index (χ4n) is 2.73. The predicted octanol–water partition coefficient (Wildman–Crippen LogP) is 3.81. The van der Waals surface area contributed by atoms with Crippen molar-refractivity contribution in [2.45, 2.75) is 0 Å². The zero-order valence-electron chi connectivity index (χ0n) is 15.6. The Labute approximate surface area is 170 Å². The van der Waals surface area contributed by atoms with Crippen LogP contribution in [0.2, 0.25) is 0 Å². The fourth-order valence-corrected chi connectivity index (χ4v) is 2.73. The smallest absolute Gasteiger partial charge is 0.411 e. The van der Waals surface area contributed by atoms with E-state index in [1.807, 2.05) is 0 Å². The predicted molar refractivity (Wildman–Crippen MR) is 105 cm³/mol. The maximum atomic E-state index is 12.5. The monoisotopic (exact) mass is 407 g/mol. The number of hydrogen-bond acceptors (Lipinski definition) is 6. The van der Waals surface area contributed by atoms with Crippen LogP contribution in [0.15, 0.2) is 66.7 Å². The van der Waals surface area contributed by atoms with Crippen molar-refractivity contribution < 1.29 is 29.5 Å². The van der Waals surface area contributed by atoms with E-state index in [0.717, 1.165) is 19.2 Å². The summed E-state index contributed by atoms with van der Waals surface area (Å²) in [5.74, 6) is -0.786. The van der Waals surface area contributed by atoms with Crippen LogP contribution in [0.3, 0.4) is 0 Å². The molecule has 0 aliphatic heterocycles. The van der Waals surface area contributed by atoms with Crippen LogP contribution < -0.4 is 14.7 Å². The fraction of sp³-hybridized carbons (Fsp3) is 0.0476. The van der Waals surface area contributed by atoms with Crippen molar-refractivity contribution in [2.24, 2.45) is 0 Å². The molecule has 0 saturated heterocycles. The van der Waals surface area contributed by atoms with Crippen molar-refractivity contribution in [3.8, 4) is 17.2 Å². The third-order valence-corrected chi connectivity index (χ3v) is 4.26. The van der Waals surface area contributed by atoms with Crippen molar-refractivity contribution in [2.75, 3.05) is 11.9 Å². The first-order valence-electron chi connectivity index (χ1n) is 8.61. The van der Waals surface area contributed by atoms with Crippen molar-refractivity contribution in [1.29, 1.82) is 0 Å². The third-order valence-electron chi connectivity index (χ3n) is 4.26. The Morgan fingerprint density at radius 3 is 2.23 bits per heavy atom. The minimum atomic E-state index is -1.39. The molecule has 0 atom stereocenters. The van der Waals surface area contributed by atoms with Gasteiger partial charge in [0.1, 0.15) is 17.2 Å². The molecule has 0 aromatic heterocycles. The van der Waals surface area contributed by atoms with E-state index >= 15 is 0 Å². The molecule has 0 aliphatic rings. The van der Waals surface area contributed by atoms with Crippen molar-refractivity contribution in [3.05, 3.63) is 88.0 Å². The number of amides is 1. The number of rotatable bonds is 6. The van der Waals surface area contributed by atoms with E-state index in [4.69, 9.17) is 9.84 Å². The van der Waals surface area contributed by atoms with Gasteiger partial charge in [-0.15, -0.1) is 0 Å². The molecule has 0 radical (unpaired) electrons. The Morgan fingerprint density at radius 1 is 1.00 bits per heavy atom. The number of hydrogen-bond donors (Lipinski definition) is 1. The molecule has 0 saturated carbocycles. The lowest BCUT2D eigenvalue weighted by molar-refractivity contribution is -0.384. The number of ketones is 1. The average Bonchev–Trinajstić information content (AvgIpc) is 2.73. The maximum absolute atomic E-state index is 12.5. The van der Waals surface area contributed by atoms with Gasteiger partial charge in [0.05, 0.1) is 4.92 Å². The molecule has 152 valence electrons. The van der Waals surface area contributed by atoms with Crippen LogP contribution in [-0.4, -0.2) is 29.0 Å². The number of anilines is 1. The summed E-state index contributed by atoms with van der Waals surface area (Å²) in [7, 11) is 1.16. The first-order chi connectivity index (χ1) is 14.3. The van der Waals surface area contributed by atoms with E-state index < -0.39 is 28.2 Å². The van der Waals surface area contributed by atoms with Gasteiger partial charge in [-0.3, -0.25) is 19.8 Å². The number of carbonyl (C=O) groups is 2. The second-order valence-corrected chi connectivity index (χ2v) is 6.20. The van der Waals surface area contributed by atoms with Crippen LogP contribution in [0, 0.1) is 10.1 Å². The van der Waals surface area contributed by atoms with E-state index in [9.17, 15) is 24.8 Å². The van der Waals surface area contributed by atoms with Gasteiger partial charge in [0.15, 0.2) is 5.78 Å². The van der Waals surface area contributed by atoms with Crippen LogP contribution in [-0.2, 0) is 0 Å². The molecule has 3 aromatic rings. The van der Waals surface area contributed by atoms with E-state index in [1.54, 1.807) is 30.3 Å². The van der Waals surface area contributed by atoms with Gasteiger partial charge in [-0.1, -0.05) is 36.1 Å². The molecule has 30 heavy (non-hydrogen) atoms. The zero-order valence-corrected chi connectivity index (χ0v) is 15.6. The van der Waals surface area contributed by atoms with Crippen LogP contribution in [0.1, 0.15) is 15.9 Å². The second-order valence-electron chi connectivity index (χ2n) is 6.20. The lowest BCUT2D eigenvalue weighted by Crippen LogP contribution is -2.24. The Balaban J connectivity index is 1.89. The largest absolute Gasteiger partial charge is 0.872 e. The molecule has 3 aromatic carbocycles. The molecular weight excluding hydrogens is 392 g/mol. The van der Waals surface area contributed by atoms with Gasteiger partial charge in [0.2, 0.25) is 0 Å². The summed E-state index contributed by atoms with van der Waals surface area (Å²) in [6.45, 7) is 0. The van der Waals surface area contributed by atoms with E-state index in [0.29, 0.717) is 10.5 Å². The van der Waals surface area contributed by atoms with Crippen molar-refractivity contribution >= 4 is 23.3 Å². The highest BCUT2D eigenvalue weighted by atomic mass is 16.6.